The SMILES string of the molecule is Cc1ccc(C)c2c1C=C(C1c3nc[nH]c3CCN1C(=O)c1nc(C(F)F)nn1C)C2. The van der Waals surface area contributed by atoms with Crippen molar-refractivity contribution in [3.63, 3.8) is 0 Å². The Bertz CT molecular complexity index is 1220. The third kappa shape index (κ3) is 3.07. The zero-order valence-corrected chi connectivity index (χ0v) is 17.5. The number of amides is 1. The van der Waals surface area contributed by atoms with Gasteiger partial charge >= 0.3 is 0 Å². The zero-order chi connectivity index (χ0) is 21.9. The minimum absolute atomic E-state index is 0.0947. The lowest BCUT2D eigenvalue weighted by molar-refractivity contribution is 0.0668. The number of imidazole rings is 1. The molecule has 0 spiro atoms. The molecule has 0 fully saturated rings. The van der Waals surface area contributed by atoms with Crippen LogP contribution in [0.4, 0.5) is 8.78 Å². The number of nitrogens with zero attached hydrogens (tertiary/aromatic N) is 5. The fourth-order valence-electron chi connectivity index (χ4n) is 4.62. The van der Waals surface area contributed by atoms with Crippen molar-refractivity contribution in [1.29, 1.82) is 0 Å². The van der Waals surface area contributed by atoms with E-state index in [1.165, 1.54) is 29.3 Å². The summed E-state index contributed by atoms with van der Waals surface area (Å²) < 4.78 is 27.3. The summed E-state index contributed by atoms with van der Waals surface area (Å²) in [6.45, 7) is 4.60. The Balaban J connectivity index is 1.57. The normalized spacial score (nSPS) is 17.7. The Morgan fingerprint density at radius 3 is 2.74 bits per heavy atom. The van der Waals surface area contributed by atoms with Crippen LogP contribution in [0.3, 0.4) is 0 Å². The maximum absolute atomic E-state index is 13.5. The van der Waals surface area contributed by atoms with Gasteiger partial charge in [0.15, 0.2) is 0 Å². The first-order valence-corrected chi connectivity index (χ1v) is 10.2. The van der Waals surface area contributed by atoms with Crippen LogP contribution < -0.4 is 0 Å². The number of H-pyrrole nitrogens is 1. The maximum atomic E-state index is 13.5. The molecule has 9 heteroatoms. The summed E-state index contributed by atoms with van der Waals surface area (Å²) in [7, 11) is 1.46. The molecule has 31 heavy (non-hydrogen) atoms. The highest BCUT2D eigenvalue weighted by molar-refractivity contribution is 5.92. The van der Waals surface area contributed by atoms with E-state index in [1.807, 2.05) is 0 Å². The molecule has 1 aliphatic heterocycles. The summed E-state index contributed by atoms with van der Waals surface area (Å²) in [4.78, 5) is 26.7. The van der Waals surface area contributed by atoms with Crippen LogP contribution in [-0.4, -0.2) is 42.1 Å². The molecule has 0 saturated carbocycles. The van der Waals surface area contributed by atoms with E-state index in [0.717, 1.165) is 21.6 Å². The molecule has 2 aliphatic rings. The number of carbonyl (C=O) groups excluding carboxylic acids is 1. The fraction of sp³-hybridized carbons (Fsp3) is 0.364. The zero-order valence-electron chi connectivity index (χ0n) is 17.5. The number of carbonyl (C=O) groups is 1. The minimum atomic E-state index is -2.83. The molecule has 0 radical (unpaired) electrons. The van der Waals surface area contributed by atoms with Gasteiger partial charge in [-0.2, -0.15) is 0 Å². The van der Waals surface area contributed by atoms with Crippen LogP contribution in [0, 0.1) is 13.8 Å². The van der Waals surface area contributed by atoms with E-state index >= 15 is 0 Å². The first-order chi connectivity index (χ1) is 14.8. The molecule has 1 N–H and O–H groups in total. The number of hydrogen-bond donors (Lipinski definition) is 1. The topological polar surface area (TPSA) is 79.7 Å². The third-order valence-electron chi connectivity index (χ3n) is 6.22. The largest absolute Gasteiger partial charge is 0.348 e. The molecule has 0 bridgehead atoms. The van der Waals surface area contributed by atoms with Gasteiger partial charge in [0, 0.05) is 25.7 Å². The van der Waals surface area contributed by atoms with Crippen molar-refractivity contribution in [1.82, 2.24) is 29.6 Å². The smallest absolute Gasteiger partial charge is 0.299 e. The number of alkyl halides is 2. The number of rotatable bonds is 3. The van der Waals surface area contributed by atoms with Crippen molar-refractivity contribution < 1.29 is 13.6 Å². The van der Waals surface area contributed by atoms with Gasteiger partial charge < -0.3 is 9.88 Å². The summed E-state index contributed by atoms with van der Waals surface area (Å²) in [6.07, 6.45) is 2.27. The molecule has 1 unspecified atom stereocenters. The van der Waals surface area contributed by atoms with Crippen LogP contribution in [0.2, 0.25) is 0 Å². The van der Waals surface area contributed by atoms with Crippen molar-refractivity contribution in [2.45, 2.75) is 39.2 Å². The van der Waals surface area contributed by atoms with Gasteiger partial charge in [-0.25, -0.2) is 23.4 Å². The third-order valence-corrected chi connectivity index (χ3v) is 6.22. The monoisotopic (exact) mass is 424 g/mol. The van der Waals surface area contributed by atoms with Crippen molar-refractivity contribution in [2.24, 2.45) is 7.05 Å². The quantitative estimate of drug-likeness (QED) is 0.698. The summed E-state index contributed by atoms with van der Waals surface area (Å²) in [6, 6.07) is 3.82. The van der Waals surface area contributed by atoms with Gasteiger partial charge in [-0.1, -0.05) is 18.2 Å². The van der Waals surface area contributed by atoms with Crippen LogP contribution in [0.1, 0.15) is 62.6 Å². The minimum Gasteiger partial charge on any atom is -0.348 e. The van der Waals surface area contributed by atoms with E-state index in [0.29, 0.717) is 19.4 Å². The van der Waals surface area contributed by atoms with E-state index in [-0.39, 0.29) is 11.9 Å². The molecule has 7 nitrogen and oxygen atoms in total. The number of hydrogen-bond acceptors (Lipinski definition) is 4. The second-order valence-electron chi connectivity index (χ2n) is 8.12. The van der Waals surface area contributed by atoms with Crippen LogP contribution in [0.15, 0.2) is 24.0 Å². The van der Waals surface area contributed by atoms with Crippen molar-refractivity contribution in [3.8, 4) is 0 Å². The van der Waals surface area contributed by atoms with Crippen LogP contribution in [0.25, 0.3) is 6.08 Å². The molecule has 0 saturated heterocycles. The van der Waals surface area contributed by atoms with Gasteiger partial charge in [0.2, 0.25) is 11.6 Å². The van der Waals surface area contributed by atoms with E-state index in [1.54, 1.807) is 11.2 Å². The number of fused-ring (bicyclic) bond motifs is 2. The molecular formula is C22H22F2N6O. The molecule has 5 rings (SSSR count). The molecule has 1 aliphatic carbocycles. The molecule has 1 atom stereocenters. The number of aromatic nitrogens is 5. The molecule has 3 heterocycles. The number of benzene rings is 1. The Hall–Kier alpha value is -3.36. The number of aromatic amines is 1. The molecule has 2 aromatic heterocycles. The highest BCUT2D eigenvalue weighted by Crippen LogP contribution is 2.41. The lowest BCUT2D eigenvalue weighted by Crippen LogP contribution is -2.42. The number of nitrogens with one attached hydrogen (secondary N) is 1. The van der Waals surface area contributed by atoms with Gasteiger partial charge in [-0.3, -0.25) is 4.79 Å². The number of halogens is 2. The molecule has 160 valence electrons. The van der Waals surface area contributed by atoms with Crippen molar-refractivity contribution in [3.05, 3.63) is 69.3 Å². The predicted molar refractivity (Wildman–Crippen MR) is 110 cm³/mol. The standard InChI is InChI=1S/C22H22F2N6O/c1-11-4-5-12(2)15-9-13(8-14(11)15)18-17-16(25-10-26-17)6-7-30(18)22(31)21-27-20(19(23)24)28-29(21)3/h4-5,8,10,18-19H,6-7,9H2,1-3H3,(H,25,26). The lowest BCUT2D eigenvalue weighted by Gasteiger charge is -2.35. The Morgan fingerprint density at radius 1 is 1.26 bits per heavy atom. The average Bonchev–Trinajstić information content (AvgIpc) is 3.47. The summed E-state index contributed by atoms with van der Waals surface area (Å²) >= 11 is 0. The first kappa shape index (κ1) is 19.6. The second kappa shape index (κ2) is 7.11. The van der Waals surface area contributed by atoms with Crippen LogP contribution in [-0.2, 0) is 19.9 Å². The van der Waals surface area contributed by atoms with Gasteiger partial charge in [-0.05, 0) is 48.1 Å². The number of aryl methyl sites for hydroxylation is 3. The predicted octanol–water partition coefficient (Wildman–Crippen LogP) is 3.47. The van der Waals surface area contributed by atoms with E-state index in [9.17, 15) is 13.6 Å². The van der Waals surface area contributed by atoms with Crippen LogP contribution in [0.5, 0.6) is 0 Å². The van der Waals surface area contributed by atoms with E-state index in [2.05, 4.69) is 52.1 Å². The summed E-state index contributed by atoms with van der Waals surface area (Å²) in [5.41, 5.74) is 7.67. The van der Waals surface area contributed by atoms with E-state index < -0.39 is 18.2 Å². The maximum Gasteiger partial charge on any atom is 0.299 e. The van der Waals surface area contributed by atoms with Gasteiger partial charge in [0.25, 0.3) is 12.3 Å². The fourth-order valence-corrected chi connectivity index (χ4v) is 4.62. The van der Waals surface area contributed by atoms with Gasteiger partial charge in [0.05, 0.1) is 18.1 Å². The van der Waals surface area contributed by atoms with Crippen molar-refractivity contribution in [2.75, 3.05) is 6.54 Å². The second-order valence-corrected chi connectivity index (χ2v) is 8.12. The van der Waals surface area contributed by atoms with Crippen LogP contribution >= 0.6 is 0 Å². The Labute approximate surface area is 177 Å². The van der Waals surface area contributed by atoms with Gasteiger partial charge in [0.1, 0.15) is 0 Å². The summed E-state index contributed by atoms with van der Waals surface area (Å²) in [5.74, 6) is -1.16. The van der Waals surface area contributed by atoms with E-state index in [4.69, 9.17) is 0 Å². The summed E-state index contributed by atoms with van der Waals surface area (Å²) in [5, 5.41) is 3.71. The molecular weight excluding hydrogens is 402 g/mol. The molecule has 1 aromatic carbocycles. The average molecular weight is 424 g/mol. The molecule has 1 amide bonds. The highest BCUT2D eigenvalue weighted by atomic mass is 19.3. The first-order valence-electron chi connectivity index (χ1n) is 10.2. The highest BCUT2D eigenvalue weighted by Gasteiger charge is 2.39. The Morgan fingerprint density at radius 2 is 2.03 bits per heavy atom. The Kier molecular flexibility index (Phi) is 4.49. The lowest BCUT2D eigenvalue weighted by atomic mass is 9.93. The van der Waals surface area contributed by atoms with Crippen molar-refractivity contribution >= 4 is 12.0 Å². The van der Waals surface area contributed by atoms with Gasteiger partial charge in [-0.15, -0.1) is 5.10 Å². The molecule has 3 aromatic rings.